The van der Waals surface area contributed by atoms with Gasteiger partial charge in [0, 0.05) is 6.20 Å². The minimum atomic E-state index is -3.77. The second kappa shape index (κ2) is 7.25. The van der Waals surface area contributed by atoms with Gasteiger partial charge in [0.25, 0.3) is 10.0 Å². The Bertz CT molecular complexity index is 941. The summed E-state index contributed by atoms with van der Waals surface area (Å²) in [6.07, 6.45) is 1.28. The van der Waals surface area contributed by atoms with Gasteiger partial charge in [-0.2, -0.15) is 0 Å². The predicted molar refractivity (Wildman–Crippen MR) is 100 cm³/mol. The summed E-state index contributed by atoms with van der Waals surface area (Å²) >= 11 is 5.79. The van der Waals surface area contributed by atoms with Gasteiger partial charge < -0.3 is 0 Å². The van der Waals surface area contributed by atoms with Crippen molar-refractivity contribution < 1.29 is 8.42 Å². The molecule has 3 aromatic rings. The van der Waals surface area contributed by atoms with E-state index in [0.717, 1.165) is 11.1 Å². The summed E-state index contributed by atoms with van der Waals surface area (Å²) in [6, 6.07) is 19.8. The van der Waals surface area contributed by atoms with Crippen molar-refractivity contribution in [2.24, 2.45) is 0 Å². The van der Waals surface area contributed by atoms with E-state index in [-0.39, 0.29) is 16.6 Å². The largest absolute Gasteiger partial charge is 0.266 e. The first-order chi connectivity index (χ1) is 12.0. The van der Waals surface area contributed by atoms with Crippen molar-refractivity contribution in [1.82, 2.24) is 4.98 Å². The number of hydrogen-bond acceptors (Lipinski definition) is 3. The molecule has 0 N–H and O–H groups in total. The smallest absolute Gasteiger partial charge is 0.262 e. The van der Waals surface area contributed by atoms with Crippen molar-refractivity contribution in [3.63, 3.8) is 0 Å². The molecule has 0 radical (unpaired) electrons. The number of hydrogen-bond donors (Lipinski definition) is 0. The van der Waals surface area contributed by atoms with Crippen LogP contribution in [0.2, 0.25) is 5.15 Å². The lowest BCUT2D eigenvalue weighted by atomic mass is 10.2. The van der Waals surface area contributed by atoms with Gasteiger partial charge in [0.05, 0.1) is 12.2 Å². The number of anilines is 1. The van der Waals surface area contributed by atoms with Crippen molar-refractivity contribution in [3.05, 3.63) is 89.2 Å². The lowest BCUT2D eigenvalue weighted by Crippen LogP contribution is -2.30. The average molecular weight is 373 g/mol. The first kappa shape index (κ1) is 17.5. The topological polar surface area (TPSA) is 50.3 Å². The van der Waals surface area contributed by atoms with Gasteiger partial charge in [-0.05, 0) is 36.8 Å². The van der Waals surface area contributed by atoms with Crippen molar-refractivity contribution in [2.75, 3.05) is 4.31 Å². The van der Waals surface area contributed by atoms with Crippen LogP contribution in [0.15, 0.2) is 77.8 Å². The van der Waals surface area contributed by atoms with E-state index in [9.17, 15) is 8.42 Å². The average Bonchev–Trinajstić information content (AvgIpc) is 2.62. The molecule has 6 heteroatoms. The highest BCUT2D eigenvalue weighted by molar-refractivity contribution is 7.92. The van der Waals surface area contributed by atoms with Crippen LogP contribution >= 0.6 is 11.6 Å². The highest BCUT2D eigenvalue weighted by Crippen LogP contribution is 2.26. The Morgan fingerprint density at radius 1 is 0.960 bits per heavy atom. The van der Waals surface area contributed by atoms with Crippen molar-refractivity contribution in [3.8, 4) is 0 Å². The second-order valence-corrected chi connectivity index (χ2v) is 7.90. The van der Waals surface area contributed by atoms with Crippen molar-refractivity contribution in [2.45, 2.75) is 18.4 Å². The first-order valence-corrected chi connectivity index (χ1v) is 9.53. The molecule has 1 aromatic heterocycles. The molecule has 0 atom stereocenters. The third kappa shape index (κ3) is 4.00. The Hall–Kier alpha value is -2.37. The molecule has 0 fully saturated rings. The van der Waals surface area contributed by atoms with E-state index in [1.165, 1.54) is 22.6 Å². The minimum absolute atomic E-state index is 0.105. The van der Waals surface area contributed by atoms with Crippen LogP contribution in [0.3, 0.4) is 0 Å². The molecule has 0 aliphatic heterocycles. The Labute approximate surface area is 152 Å². The molecule has 0 spiro atoms. The summed E-state index contributed by atoms with van der Waals surface area (Å²) in [5.74, 6) is 0. The molecule has 1 heterocycles. The maximum Gasteiger partial charge on any atom is 0.266 e. The molecule has 0 saturated heterocycles. The van der Waals surface area contributed by atoms with Gasteiger partial charge in [-0.25, -0.2) is 13.4 Å². The molecule has 128 valence electrons. The van der Waals surface area contributed by atoms with Gasteiger partial charge in [-0.15, -0.1) is 0 Å². The zero-order valence-electron chi connectivity index (χ0n) is 13.6. The Balaban J connectivity index is 2.06. The first-order valence-electron chi connectivity index (χ1n) is 7.72. The highest BCUT2D eigenvalue weighted by Gasteiger charge is 2.25. The number of sulfonamides is 1. The molecule has 0 saturated carbocycles. The number of aryl methyl sites for hydroxylation is 1. The summed E-state index contributed by atoms with van der Waals surface area (Å²) in [6.45, 7) is 2.19. The monoisotopic (exact) mass is 372 g/mol. The van der Waals surface area contributed by atoms with E-state index in [1.54, 1.807) is 12.1 Å². The lowest BCUT2D eigenvalue weighted by Gasteiger charge is -2.24. The molecule has 0 aliphatic rings. The molecule has 25 heavy (non-hydrogen) atoms. The quantitative estimate of drug-likeness (QED) is 0.622. The van der Waals surface area contributed by atoms with Crippen LogP contribution in [-0.2, 0) is 16.6 Å². The molecular weight excluding hydrogens is 356 g/mol. The third-order valence-corrected chi connectivity index (χ3v) is 5.76. The maximum absolute atomic E-state index is 13.2. The van der Waals surface area contributed by atoms with Crippen LogP contribution in [-0.4, -0.2) is 13.4 Å². The summed E-state index contributed by atoms with van der Waals surface area (Å²) in [7, 11) is -3.77. The molecule has 3 rings (SSSR count). The van der Waals surface area contributed by atoms with Gasteiger partial charge >= 0.3 is 0 Å². The van der Waals surface area contributed by atoms with Gasteiger partial charge in [0.1, 0.15) is 10.0 Å². The van der Waals surface area contributed by atoms with E-state index in [2.05, 4.69) is 4.98 Å². The molecule has 0 unspecified atom stereocenters. The standard InChI is InChI=1S/C19H17ClN2O2S/c1-15-7-9-17(10-8-15)22(14-16-5-3-2-4-6-16)25(23,24)18-11-12-19(20)21-13-18/h2-13H,14H2,1H3. The number of benzene rings is 2. The zero-order valence-corrected chi connectivity index (χ0v) is 15.2. The fourth-order valence-electron chi connectivity index (χ4n) is 2.42. The molecule has 0 amide bonds. The number of rotatable bonds is 5. The van der Waals surface area contributed by atoms with Crippen LogP contribution in [0.25, 0.3) is 0 Å². The third-order valence-electron chi connectivity index (χ3n) is 3.78. The van der Waals surface area contributed by atoms with Crippen molar-refractivity contribution in [1.29, 1.82) is 0 Å². The zero-order chi connectivity index (χ0) is 17.9. The highest BCUT2D eigenvalue weighted by atomic mass is 35.5. The molecule has 0 bridgehead atoms. The van der Waals surface area contributed by atoms with E-state index in [1.807, 2.05) is 49.4 Å². The van der Waals surface area contributed by atoms with Gasteiger partial charge in [-0.3, -0.25) is 4.31 Å². The summed E-state index contributed by atoms with van der Waals surface area (Å²) < 4.78 is 27.7. The summed E-state index contributed by atoms with van der Waals surface area (Å²) in [5.41, 5.74) is 2.56. The number of nitrogens with zero attached hydrogens (tertiary/aromatic N) is 2. The van der Waals surface area contributed by atoms with Gasteiger partial charge in [-0.1, -0.05) is 59.6 Å². The SMILES string of the molecule is Cc1ccc(N(Cc2ccccc2)S(=O)(=O)c2ccc(Cl)nc2)cc1. The fourth-order valence-corrected chi connectivity index (χ4v) is 3.93. The van der Waals surface area contributed by atoms with Crippen LogP contribution < -0.4 is 4.31 Å². The van der Waals surface area contributed by atoms with E-state index < -0.39 is 10.0 Å². The van der Waals surface area contributed by atoms with Gasteiger partial charge in [0.15, 0.2) is 0 Å². The predicted octanol–water partition coefficient (Wildman–Crippen LogP) is 4.44. The lowest BCUT2D eigenvalue weighted by molar-refractivity contribution is 0.590. The number of aromatic nitrogens is 1. The van der Waals surface area contributed by atoms with Crippen molar-refractivity contribution >= 4 is 27.3 Å². The van der Waals surface area contributed by atoms with E-state index in [4.69, 9.17) is 11.6 Å². The van der Waals surface area contributed by atoms with E-state index in [0.29, 0.717) is 5.69 Å². The van der Waals surface area contributed by atoms with E-state index >= 15 is 0 Å². The Kier molecular flexibility index (Phi) is 5.06. The molecule has 0 aliphatic carbocycles. The molecular formula is C19H17ClN2O2S. The molecule has 4 nitrogen and oxygen atoms in total. The normalized spacial score (nSPS) is 11.3. The fraction of sp³-hybridized carbons (Fsp3) is 0.105. The summed E-state index contributed by atoms with van der Waals surface area (Å²) in [4.78, 5) is 4.01. The van der Waals surface area contributed by atoms with Crippen LogP contribution in [0.4, 0.5) is 5.69 Å². The maximum atomic E-state index is 13.2. The number of halogens is 1. The van der Waals surface area contributed by atoms with Gasteiger partial charge in [0.2, 0.25) is 0 Å². The summed E-state index contributed by atoms with van der Waals surface area (Å²) in [5, 5.41) is 0.254. The minimum Gasteiger partial charge on any atom is -0.262 e. The van der Waals surface area contributed by atoms with Crippen LogP contribution in [0, 0.1) is 6.92 Å². The second-order valence-electron chi connectivity index (χ2n) is 5.65. The molecule has 2 aromatic carbocycles. The Morgan fingerprint density at radius 2 is 1.64 bits per heavy atom. The Morgan fingerprint density at radius 3 is 2.24 bits per heavy atom. The van der Waals surface area contributed by atoms with Crippen LogP contribution in [0.1, 0.15) is 11.1 Å². The number of pyridine rings is 1. The van der Waals surface area contributed by atoms with Crippen LogP contribution in [0.5, 0.6) is 0 Å².